The van der Waals surface area contributed by atoms with Crippen molar-refractivity contribution in [2.45, 2.75) is 33.7 Å². The van der Waals surface area contributed by atoms with E-state index in [2.05, 4.69) is 47.1 Å². The Bertz CT molecular complexity index is 697. The molecule has 0 aliphatic heterocycles. The molecule has 0 aromatic heterocycles. The maximum absolute atomic E-state index is 11.4. The minimum Gasteiger partial charge on any atom is -0.296 e. The number of hydrogen-bond acceptors (Lipinski definition) is 3. The maximum atomic E-state index is 11.4. The van der Waals surface area contributed by atoms with Gasteiger partial charge in [-0.2, -0.15) is 0 Å². The van der Waals surface area contributed by atoms with Crippen molar-refractivity contribution in [1.29, 1.82) is 0 Å². The predicted molar refractivity (Wildman–Crippen MR) is 101 cm³/mol. The highest BCUT2D eigenvalue weighted by Gasteiger charge is 2.05. The lowest BCUT2D eigenvalue weighted by Gasteiger charge is -2.15. The summed E-state index contributed by atoms with van der Waals surface area (Å²) >= 11 is 0. The van der Waals surface area contributed by atoms with Crippen LogP contribution in [0, 0.1) is 13.8 Å². The minimum absolute atomic E-state index is 0.497. The number of aliphatic imine (C=N–C) groups is 1. The molecule has 0 bridgehead atoms. The van der Waals surface area contributed by atoms with E-state index in [0.717, 1.165) is 35.9 Å². The Hall–Kier alpha value is -2.26. The molecule has 126 valence electrons. The number of carbonyl (C=O) groups is 1. The number of rotatable bonds is 7. The molecule has 2 rings (SSSR count). The second kappa shape index (κ2) is 8.55. The predicted octanol–water partition coefficient (Wildman–Crippen LogP) is 3.94. The van der Waals surface area contributed by atoms with Crippen LogP contribution in [0.5, 0.6) is 0 Å². The van der Waals surface area contributed by atoms with Gasteiger partial charge in [0.25, 0.3) is 0 Å². The van der Waals surface area contributed by atoms with Crippen LogP contribution in [-0.2, 0) is 17.8 Å². The Morgan fingerprint density at radius 1 is 1.04 bits per heavy atom. The number of nitrogens with zero attached hydrogens (tertiary/aromatic N) is 2. The van der Waals surface area contributed by atoms with Crippen molar-refractivity contribution in [1.82, 2.24) is 4.90 Å². The highest BCUT2D eigenvalue weighted by molar-refractivity contribution is 6.36. The Morgan fingerprint density at radius 3 is 2.17 bits per heavy atom. The Balaban J connectivity index is 2.04. The van der Waals surface area contributed by atoms with Gasteiger partial charge in [0.2, 0.25) is 0 Å². The monoisotopic (exact) mass is 322 g/mol. The molecule has 0 saturated heterocycles. The third-order valence-electron chi connectivity index (χ3n) is 4.00. The number of aldehydes is 1. The highest BCUT2D eigenvalue weighted by atomic mass is 16.1. The van der Waals surface area contributed by atoms with Crippen LogP contribution in [0.3, 0.4) is 0 Å². The Kier molecular flexibility index (Phi) is 6.44. The van der Waals surface area contributed by atoms with E-state index in [9.17, 15) is 4.79 Å². The van der Waals surface area contributed by atoms with Gasteiger partial charge in [-0.25, -0.2) is 0 Å². The molecule has 3 nitrogen and oxygen atoms in total. The van der Waals surface area contributed by atoms with Crippen LogP contribution >= 0.6 is 0 Å². The first-order chi connectivity index (χ1) is 11.5. The molecule has 2 aromatic carbocycles. The summed E-state index contributed by atoms with van der Waals surface area (Å²) in [5, 5.41) is 0. The second-order valence-electron chi connectivity index (χ2n) is 6.36. The van der Waals surface area contributed by atoms with E-state index in [0.29, 0.717) is 12.4 Å². The van der Waals surface area contributed by atoms with E-state index in [4.69, 9.17) is 0 Å². The van der Waals surface area contributed by atoms with Gasteiger partial charge in [0.1, 0.15) is 5.71 Å². The molecule has 0 saturated carbocycles. The lowest BCUT2D eigenvalue weighted by atomic mass is 10.0. The number of hydrogen-bond donors (Lipinski definition) is 0. The molecule has 0 fully saturated rings. The third-order valence-corrected chi connectivity index (χ3v) is 4.00. The molecule has 0 aliphatic carbocycles. The first-order valence-corrected chi connectivity index (χ1v) is 8.36. The normalized spacial score (nSPS) is 11.8. The summed E-state index contributed by atoms with van der Waals surface area (Å²) in [6, 6.07) is 14.7. The zero-order chi connectivity index (χ0) is 17.5. The van der Waals surface area contributed by atoms with Crippen molar-refractivity contribution < 1.29 is 4.79 Å². The summed E-state index contributed by atoms with van der Waals surface area (Å²) in [6.45, 7) is 7.53. The van der Waals surface area contributed by atoms with E-state index < -0.39 is 0 Å². The van der Waals surface area contributed by atoms with Crippen LogP contribution in [0.4, 0.5) is 0 Å². The van der Waals surface area contributed by atoms with Gasteiger partial charge in [-0.3, -0.25) is 14.7 Å². The molecule has 0 spiro atoms. The lowest BCUT2D eigenvalue weighted by molar-refractivity contribution is -0.102. The molecular weight excluding hydrogens is 296 g/mol. The number of benzene rings is 2. The molecule has 2 aromatic rings. The van der Waals surface area contributed by atoms with Gasteiger partial charge < -0.3 is 0 Å². The van der Waals surface area contributed by atoms with Crippen molar-refractivity contribution in [3.05, 3.63) is 70.3 Å². The quantitative estimate of drug-likeness (QED) is 0.571. The number of carbonyl (C=O) groups excluding carboxylic acids is 1. The fourth-order valence-electron chi connectivity index (χ4n) is 2.76. The second-order valence-corrected chi connectivity index (χ2v) is 6.36. The van der Waals surface area contributed by atoms with E-state index >= 15 is 0 Å². The first-order valence-electron chi connectivity index (χ1n) is 8.36. The summed E-state index contributed by atoms with van der Waals surface area (Å²) in [5.74, 6) is 0. The van der Waals surface area contributed by atoms with E-state index in [1.165, 1.54) is 11.1 Å². The smallest absolute Gasteiger partial charge is 0.168 e. The zero-order valence-corrected chi connectivity index (χ0v) is 15.0. The van der Waals surface area contributed by atoms with Crippen LogP contribution in [0.2, 0.25) is 0 Å². The fourth-order valence-corrected chi connectivity index (χ4v) is 2.76. The van der Waals surface area contributed by atoms with E-state index in [1.807, 2.05) is 33.0 Å². The van der Waals surface area contributed by atoms with Crippen LogP contribution in [0.25, 0.3) is 0 Å². The van der Waals surface area contributed by atoms with Crippen molar-refractivity contribution >= 4 is 12.0 Å². The van der Waals surface area contributed by atoms with Gasteiger partial charge in [-0.1, -0.05) is 48.4 Å². The minimum atomic E-state index is 0.497. The standard InChI is InChI=1S/C21H26N2O/c1-5-18-6-8-19(9-7-18)13-23(4)15-22-21(14-24)20-11-16(2)10-17(3)12-20/h6-12,14H,5,13,15H2,1-4H3/b22-21+. The third kappa shape index (κ3) is 5.14. The van der Waals surface area contributed by atoms with Gasteiger partial charge in [0.15, 0.2) is 6.29 Å². The largest absolute Gasteiger partial charge is 0.296 e. The van der Waals surface area contributed by atoms with Gasteiger partial charge in [-0.05, 0) is 50.6 Å². The topological polar surface area (TPSA) is 32.7 Å². The van der Waals surface area contributed by atoms with Crippen LogP contribution in [0.15, 0.2) is 47.5 Å². The van der Waals surface area contributed by atoms with Gasteiger partial charge >= 0.3 is 0 Å². The molecule has 0 N–H and O–H groups in total. The van der Waals surface area contributed by atoms with Gasteiger partial charge in [-0.15, -0.1) is 0 Å². The summed E-state index contributed by atoms with van der Waals surface area (Å²) in [4.78, 5) is 18.0. The molecule has 24 heavy (non-hydrogen) atoms. The SMILES string of the molecule is CCc1ccc(CN(C)C/N=C(\C=O)c2cc(C)cc(C)c2)cc1. The number of aryl methyl sites for hydroxylation is 3. The van der Waals surface area contributed by atoms with E-state index in [-0.39, 0.29) is 0 Å². The van der Waals surface area contributed by atoms with E-state index in [1.54, 1.807) is 0 Å². The zero-order valence-electron chi connectivity index (χ0n) is 15.0. The lowest BCUT2D eigenvalue weighted by Crippen LogP contribution is -2.19. The molecular formula is C21H26N2O. The van der Waals surface area contributed by atoms with Crippen LogP contribution < -0.4 is 0 Å². The average Bonchev–Trinajstić information content (AvgIpc) is 2.55. The first kappa shape index (κ1) is 18.1. The van der Waals surface area contributed by atoms with Gasteiger partial charge in [0, 0.05) is 12.1 Å². The van der Waals surface area contributed by atoms with Crippen molar-refractivity contribution in [2.24, 2.45) is 4.99 Å². The van der Waals surface area contributed by atoms with Gasteiger partial charge in [0.05, 0.1) is 6.67 Å². The fraction of sp³-hybridized carbons (Fsp3) is 0.333. The Labute approximate surface area is 145 Å². The van der Waals surface area contributed by atoms with Crippen LogP contribution in [0.1, 0.15) is 34.7 Å². The average molecular weight is 322 g/mol. The summed E-state index contributed by atoms with van der Waals surface area (Å²) < 4.78 is 0. The molecule has 0 radical (unpaired) electrons. The molecule has 0 atom stereocenters. The highest BCUT2D eigenvalue weighted by Crippen LogP contribution is 2.11. The van der Waals surface area contributed by atoms with Crippen LogP contribution in [-0.4, -0.2) is 30.6 Å². The maximum Gasteiger partial charge on any atom is 0.168 e. The molecule has 3 heteroatoms. The van der Waals surface area contributed by atoms with Crippen molar-refractivity contribution in [2.75, 3.05) is 13.7 Å². The van der Waals surface area contributed by atoms with Crippen molar-refractivity contribution in [3.63, 3.8) is 0 Å². The van der Waals surface area contributed by atoms with Crippen molar-refractivity contribution in [3.8, 4) is 0 Å². The molecule has 0 heterocycles. The molecule has 0 amide bonds. The Morgan fingerprint density at radius 2 is 1.62 bits per heavy atom. The molecule has 0 unspecified atom stereocenters. The summed E-state index contributed by atoms with van der Waals surface area (Å²) in [5.41, 5.74) is 6.28. The molecule has 0 aliphatic rings. The summed E-state index contributed by atoms with van der Waals surface area (Å²) in [7, 11) is 2.02. The summed E-state index contributed by atoms with van der Waals surface area (Å²) in [6.07, 6.45) is 1.90.